The maximum atomic E-state index is 6.31. The van der Waals surface area contributed by atoms with E-state index in [9.17, 15) is 0 Å². The first kappa shape index (κ1) is 21.0. The van der Waals surface area contributed by atoms with Gasteiger partial charge in [0.15, 0.2) is 0 Å². The molecule has 28 heavy (non-hydrogen) atoms. The summed E-state index contributed by atoms with van der Waals surface area (Å²) in [5.74, 6) is 5.69. The molecule has 2 N–H and O–H groups in total. The van der Waals surface area contributed by atoms with Crippen LogP contribution in [0, 0.1) is 46.3 Å². The lowest BCUT2D eigenvalue weighted by Crippen LogP contribution is -2.51. The molecule has 4 aliphatic carbocycles. The lowest BCUT2D eigenvalue weighted by molar-refractivity contribution is -0.0596. The molecule has 1 heteroatoms. The van der Waals surface area contributed by atoms with Crippen molar-refractivity contribution in [3.63, 3.8) is 0 Å². The van der Waals surface area contributed by atoms with Crippen LogP contribution in [0.2, 0.25) is 0 Å². The van der Waals surface area contributed by atoms with E-state index in [4.69, 9.17) is 5.73 Å². The van der Waals surface area contributed by atoms with E-state index in [1.54, 1.807) is 5.57 Å². The van der Waals surface area contributed by atoms with E-state index in [1.165, 1.54) is 70.6 Å². The summed E-state index contributed by atoms with van der Waals surface area (Å²) in [6.07, 6.45) is 18.1. The molecule has 0 radical (unpaired) electrons. The quantitative estimate of drug-likeness (QED) is 0.492. The van der Waals surface area contributed by atoms with Crippen molar-refractivity contribution < 1.29 is 0 Å². The van der Waals surface area contributed by atoms with Crippen molar-refractivity contribution in [1.82, 2.24) is 0 Å². The highest BCUT2D eigenvalue weighted by Gasteiger charge is 2.59. The van der Waals surface area contributed by atoms with Gasteiger partial charge in [-0.2, -0.15) is 0 Å². The van der Waals surface area contributed by atoms with Crippen molar-refractivity contribution in [3.8, 4) is 0 Å². The zero-order valence-corrected chi connectivity index (χ0v) is 19.5. The molecule has 0 aromatic carbocycles. The summed E-state index contributed by atoms with van der Waals surface area (Å²) in [6, 6.07) is 0.330. The molecule has 3 fully saturated rings. The van der Waals surface area contributed by atoms with Gasteiger partial charge in [0.25, 0.3) is 0 Å². The molecule has 8 atom stereocenters. The minimum Gasteiger partial charge on any atom is -0.324 e. The van der Waals surface area contributed by atoms with Crippen molar-refractivity contribution >= 4 is 0 Å². The van der Waals surface area contributed by atoms with E-state index in [1.807, 2.05) is 0 Å². The zero-order valence-electron chi connectivity index (χ0n) is 19.5. The third kappa shape index (κ3) is 3.42. The fraction of sp³-hybridized carbons (Fsp3) is 0.926. The predicted molar refractivity (Wildman–Crippen MR) is 121 cm³/mol. The molecule has 0 aliphatic heterocycles. The normalized spacial score (nSPS) is 46.5. The minimum absolute atomic E-state index is 0.330. The first-order valence-electron chi connectivity index (χ1n) is 12.7. The zero-order chi connectivity index (χ0) is 20.1. The Hall–Kier alpha value is -0.300. The van der Waals surface area contributed by atoms with Crippen LogP contribution in [0.1, 0.15) is 105 Å². The maximum Gasteiger partial charge on any atom is 0.0226 e. The van der Waals surface area contributed by atoms with Crippen molar-refractivity contribution in [2.75, 3.05) is 0 Å². The average Bonchev–Trinajstić information content (AvgIpc) is 2.99. The van der Waals surface area contributed by atoms with Gasteiger partial charge in [-0.15, -0.1) is 0 Å². The smallest absolute Gasteiger partial charge is 0.0226 e. The van der Waals surface area contributed by atoms with Crippen LogP contribution < -0.4 is 5.73 Å². The largest absolute Gasteiger partial charge is 0.324 e. The number of fused-ring (bicyclic) bond motifs is 5. The van der Waals surface area contributed by atoms with E-state index in [0.717, 1.165) is 35.5 Å². The first-order valence-corrected chi connectivity index (χ1v) is 12.7. The van der Waals surface area contributed by atoms with Crippen molar-refractivity contribution in [1.29, 1.82) is 0 Å². The molecular weight excluding hydrogens is 338 g/mol. The highest BCUT2D eigenvalue weighted by molar-refractivity contribution is 5.26. The summed E-state index contributed by atoms with van der Waals surface area (Å²) in [6.45, 7) is 12.7. The van der Waals surface area contributed by atoms with Gasteiger partial charge in [0.2, 0.25) is 0 Å². The topological polar surface area (TPSA) is 26.0 Å². The lowest BCUT2D eigenvalue weighted by atomic mass is 9.46. The number of hydrogen-bond acceptors (Lipinski definition) is 1. The predicted octanol–water partition coefficient (Wildman–Crippen LogP) is 7.36. The molecular formula is C27H47N. The van der Waals surface area contributed by atoms with E-state index >= 15 is 0 Å². The second kappa shape index (κ2) is 7.75. The summed E-state index contributed by atoms with van der Waals surface area (Å²) in [5, 5.41) is 0. The van der Waals surface area contributed by atoms with Gasteiger partial charge in [-0.1, -0.05) is 65.5 Å². The van der Waals surface area contributed by atoms with Gasteiger partial charge < -0.3 is 5.73 Å². The fourth-order valence-corrected chi connectivity index (χ4v) is 8.78. The van der Waals surface area contributed by atoms with E-state index in [0.29, 0.717) is 16.9 Å². The molecule has 1 nitrogen and oxygen atoms in total. The van der Waals surface area contributed by atoms with Gasteiger partial charge >= 0.3 is 0 Å². The highest BCUT2D eigenvalue weighted by Crippen LogP contribution is 2.67. The Balaban J connectivity index is 1.48. The van der Waals surface area contributed by atoms with Crippen LogP contribution in [-0.2, 0) is 0 Å². The second-order valence-corrected chi connectivity index (χ2v) is 12.3. The van der Waals surface area contributed by atoms with Crippen molar-refractivity contribution in [2.45, 2.75) is 111 Å². The highest BCUT2D eigenvalue weighted by atomic mass is 14.7. The Morgan fingerprint density at radius 2 is 1.75 bits per heavy atom. The molecule has 160 valence electrons. The van der Waals surface area contributed by atoms with E-state index in [2.05, 4.69) is 40.7 Å². The summed E-state index contributed by atoms with van der Waals surface area (Å²) in [5.41, 5.74) is 9.15. The van der Waals surface area contributed by atoms with Crippen LogP contribution in [0.3, 0.4) is 0 Å². The summed E-state index contributed by atoms with van der Waals surface area (Å²) >= 11 is 0. The molecule has 4 rings (SSSR count). The van der Waals surface area contributed by atoms with Crippen LogP contribution >= 0.6 is 0 Å². The standard InChI is InChI=1S/C27H47N/c1-18(2)7-6-8-19(3)23-11-12-24-22-10-9-20-17-21(28)13-15-26(20,4)25(22)14-16-27(23,24)5/h17-19,21-25H,6-16,28H2,1-5H3/t19-,21?,22+,23-,24+,25+,26+,27-/m1/s1. The Bertz CT molecular complexity index is 591. The Morgan fingerprint density at radius 3 is 2.50 bits per heavy atom. The number of nitrogens with two attached hydrogens (primary N) is 1. The Morgan fingerprint density at radius 1 is 0.964 bits per heavy atom. The van der Waals surface area contributed by atoms with Crippen LogP contribution in [0.4, 0.5) is 0 Å². The fourth-order valence-electron chi connectivity index (χ4n) is 8.78. The van der Waals surface area contributed by atoms with Gasteiger partial charge in [-0.05, 0) is 97.7 Å². The minimum atomic E-state index is 0.330. The number of hydrogen-bond donors (Lipinski definition) is 1. The first-order chi connectivity index (χ1) is 13.3. The molecule has 0 amide bonds. The van der Waals surface area contributed by atoms with Gasteiger partial charge in [-0.3, -0.25) is 0 Å². The monoisotopic (exact) mass is 385 g/mol. The maximum absolute atomic E-state index is 6.31. The third-order valence-corrected chi connectivity index (χ3v) is 10.3. The van der Waals surface area contributed by atoms with Crippen LogP contribution in [0.25, 0.3) is 0 Å². The van der Waals surface area contributed by atoms with Gasteiger partial charge in [-0.25, -0.2) is 0 Å². The van der Waals surface area contributed by atoms with Gasteiger partial charge in [0, 0.05) is 6.04 Å². The van der Waals surface area contributed by atoms with Crippen molar-refractivity contribution in [2.24, 2.45) is 52.1 Å². The third-order valence-electron chi connectivity index (χ3n) is 10.3. The molecule has 0 aromatic heterocycles. The molecule has 3 saturated carbocycles. The van der Waals surface area contributed by atoms with E-state index in [-0.39, 0.29) is 0 Å². The van der Waals surface area contributed by atoms with Crippen LogP contribution in [0.5, 0.6) is 0 Å². The molecule has 0 saturated heterocycles. The van der Waals surface area contributed by atoms with Crippen LogP contribution in [0.15, 0.2) is 11.6 Å². The van der Waals surface area contributed by atoms with E-state index < -0.39 is 0 Å². The number of allylic oxidation sites excluding steroid dienone is 1. The van der Waals surface area contributed by atoms with Crippen LogP contribution in [-0.4, -0.2) is 6.04 Å². The number of rotatable bonds is 5. The molecule has 1 unspecified atom stereocenters. The molecule has 0 heterocycles. The Kier molecular flexibility index (Phi) is 5.80. The summed E-state index contributed by atoms with van der Waals surface area (Å²) in [7, 11) is 0. The summed E-state index contributed by atoms with van der Waals surface area (Å²) < 4.78 is 0. The Labute approximate surface area is 175 Å². The molecule has 4 aliphatic rings. The molecule has 0 aromatic rings. The summed E-state index contributed by atoms with van der Waals surface area (Å²) in [4.78, 5) is 0. The lowest BCUT2D eigenvalue weighted by Gasteiger charge is -2.59. The SMILES string of the molecule is CC(C)CCC[C@@H](C)[C@H]1CC[C@H]2[C@@H]3CCC4=CC(N)CC[C@]4(C)[C@H]3CC[C@]12C. The second-order valence-electron chi connectivity index (χ2n) is 12.3. The van der Waals surface area contributed by atoms with Gasteiger partial charge in [0.05, 0.1) is 0 Å². The molecule has 0 bridgehead atoms. The average molecular weight is 386 g/mol. The van der Waals surface area contributed by atoms with Crippen molar-refractivity contribution in [3.05, 3.63) is 11.6 Å². The molecule has 0 spiro atoms. The van der Waals surface area contributed by atoms with Gasteiger partial charge in [0.1, 0.15) is 0 Å².